The largest absolute Gasteiger partial charge is 0.381 e. The average molecular weight is 392 g/mol. The van der Waals surface area contributed by atoms with E-state index in [0.717, 1.165) is 25.7 Å². The van der Waals surface area contributed by atoms with Gasteiger partial charge in [-0.1, -0.05) is 11.6 Å². The van der Waals surface area contributed by atoms with E-state index in [1.807, 2.05) is 0 Å². The summed E-state index contributed by atoms with van der Waals surface area (Å²) >= 11 is 6.11. The van der Waals surface area contributed by atoms with Crippen molar-refractivity contribution in [3.63, 3.8) is 0 Å². The fourth-order valence-electron chi connectivity index (χ4n) is 2.96. The van der Waals surface area contributed by atoms with Gasteiger partial charge in [0.05, 0.1) is 19.3 Å². The van der Waals surface area contributed by atoms with Gasteiger partial charge in [-0.2, -0.15) is 0 Å². The van der Waals surface area contributed by atoms with Crippen LogP contribution < -0.4 is 5.32 Å². The molecule has 142 valence electrons. The van der Waals surface area contributed by atoms with Gasteiger partial charge in [-0.3, -0.25) is 4.57 Å². The van der Waals surface area contributed by atoms with E-state index in [2.05, 4.69) is 15.3 Å². The molecule has 2 rings (SSSR count). The van der Waals surface area contributed by atoms with Crippen molar-refractivity contribution in [2.45, 2.75) is 57.8 Å². The molecule has 1 aromatic rings. The quantitative estimate of drug-likeness (QED) is 0.497. The number of methoxy groups -OCH3 is 1. The molecule has 1 aromatic heterocycles. The van der Waals surface area contributed by atoms with Crippen molar-refractivity contribution >= 4 is 25.0 Å². The maximum Gasteiger partial charge on any atom is 0.338 e. The number of ether oxygens (including phenoxy) is 1. The maximum absolute atomic E-state index is 12.7. The highest BCUT2D eigenvalue weighted by atomic mass is 35.5. The van der Waals surface area contributed by atoms with E-state index in [1.165, 1.54) is 0 Å². The molecular formula is C16H27ClN3O4P. The third kappa shape index (κ3) is 6.50. The Morgan fingerprint density at radius 2 is 1.84 bits per heavy atom. The van der Waals surface area contributed by atoms with Gasteiger partial charge in [0.2, 0.25) is 0 Å². The molecule has 0 spiro atoms. The molecule has 0 unspecified atom stereocenters. The summed E-state index contributed by atoms with van der Waals surface area (Å²) in [5.74, 6) is 0.987. The monoisotopic (exact) mass is 391 g/mol. The Bertz CT molecular complexity index is 587. The molecule has 0 saturated heterocycles. The predicted molar refractivity (Wildman–Crippen MR) is 98.3 cm³/mol. The summed E-state index contributed by atoms with van der Waals surface area (Å²) < 4.78 is 28.7. The summed E-state index contributed by atoms with van der Waals surface area (Å²) in [6.45, 7) is 4.14. The van der Waals surface area contributed by atoms with Crippen LogP contribution in [0.15, 0.2) is 6.07 Å². The second kappa shape index (κ2) is 9.83. The summed E-state index contributed by atoms with van der Waals surface area (Å²) in [4.78, 5) is 8.61. The lowest BCUT2D eigenvalue weighted by Crippen LogP contribution is -2.29. The van der Waals surface area contributed by atoms with Gasteiger partial charge in [0, 0.05) is 19.2 Å². The van der Waals surface area contributed by atoms with Gasteiger partial charge in [0.1, 0.15) is 23.0 Å². The molecular weight excluding hydrogens is 365 g/mol. The van der Waals surface area contributed by atoms with Crippen molar-refractivity contribution in [1.29, 1.82) is 0 Å². The Balaban J connectivity index is 2.05. The molecule has 0 bridgehead atoms. The normalized spacial score (nSPS) is 21.3. The van der Waals surface area contributed by atoms with Crippen molar-refractivity contribution in [2.24, 2.45) is 0 Å². The smallest absolute Gasteiger partial charge is 0.338 e. The molecule has 1 fully saturated rings. The molecule has 0 radical (unpaired) electrons. The van der Waals surface area contributed by atoms with Crippen molar-refractivity contribution in [2.75, 3.05) is 25.6 Å². The van der Waals surface area contributed by atoms with Gasteiger partial charge in [-0.05, 0) is 39.5 Å². The molecule has 9 heteroatoms. The number of hydrogen-bond acceptors (Lipinski definition) is 7. The molecule has 1 aliphatic carbocycles. The zero-order valence-electron chi connectivity index (χ0n) is 15.0. The highest BCUT2D eigenvalue weighted by molar-refractivity contribution is 7.53. The highest BCUT2D eigenvalue weighted by Gasteiger charge is 2.27. The van der Waals surface area contributed by atoms with Crippen LogP contribution in [-0.2, 0) is 24.5 Å². The minimum absolute atomic E-state index is 0.000333. The Morgan fingerprint density at radius 1 is 1.20 bits per heavy atom. The number of halogens is 1. The molecule has 0 atom stereocenters. The third-order valence-electron chi connectivity index (χ3n) is 4.09. The molecule has 7 nitrogen and oxygen atoms in total. The Morgan fingerprint density at radius 3 is 2.40 bits per heavy atom. The van der Waals surface area contributed by atoms with Crippen molar-refractivity contribution in [3.05, 3.63) is 17.0 Å². The van der Waals surface area contributed by atoms with Crippen molar-refractivity contribution in [3.8, 4) is 0 Å². The van der Waals surface area contributed by atoms with Gasteiger partial charge in [0.15, 0.2) is 0 Å². The van der Waals surface area contributed by atoms with Crippen LogP contribution in [0.4, 0.5) is 5.82 Å². The van der Waals surface area contributed by atoms with E-state index >= 15 is 0 Å². The molecule has 25 heavy (non-hydrogen) atoms. The second-order valence-corrected chi connectivity index (χ2v) is 8.39. The Hall–Kier alpha value is -0.720. The standard InChI is InChI=1S/C16H27ClN3O4P/c1-4-23-25(21,24-5-2)11-16-19-14(17)10-15(20-16)18-12-6-8-13(22-3)9-7-12/h10,12-13H,4-9,11H2,1-3H3,(H,18,19,20). The molecule has 1 saturated carbocycles. The first kappa shape index (κ1) is 20.6. The number of rotatable bonds is 9. The van der Waals surface area contributed by atoms with Crippen LogP contribution in [0.1, 0.15) is 45.4 Å². The molecule has 0 aromatic carbocycles. The predicted octanol–water partition coefficient (Wildman–Crippen LogP) is 4.27. The van der Waals surface area contributed by atoms with Crippen LogP contribution >= 0.6 is 19.2 Å². The summed E-state index contributed by atoms with van der Waals surface area (Å²) in [7, 11) is -1.51. The van der Waals surface area contributed by atoms with E-state index < -0.39 is 7.60 Å². The van der Waals surface area contributed by atoms with E-state index in [9.17, 15) is 4.57 Å². The summed E-state index contributed by atoms with van der Waals surface area (Å²) in [5, 5.41) is 3.70. The molecule has 0 aliphatic heterocycles. The minimum Gasteiger partial charge on any atom is -0.381 e. The fraction of sp³-hybridized carbons (Fsp3) is 0.750. The van der Waals surface area contributed by atoms with Crippen LogP contribution in [0.2, 0.25) is 5.15 Å². The Labute approximate surface area is 154 Å². The first-order valence-electron chi connectivity index (χ1n) is 8.69. The average Bonchev–Trinajstić information content (AvgIpc) is 2.55. The van der Waals surface area contributed by atoms with Gasteiger partial charge in [-0.25, -0.2) is 9.97 Å². The number of hydrogen-bond donors (Lipinski definition) is 1. The van der Waals surface area contributed by atoms with Crippen molar-refractivity contribution < 1.29 is 18.3 Å². The zero-order valence-corrected chi connectivity index (χ0v) is 16.7. The van der Waals surface area contributed by atoms with Crippen LogP contribution in [0, 0.1) is 0 Å². The Kier molecular flexibility index (Phi) is 8.10. The van der Waals surface area contributed by atoms with Gasteiger partial charge in [0.25, 0.3) is 0 Å². The first-order valence-corrected chi connectivity index (χ1v) is 10.8. The molecule has 0 amide bonds. The topological polar surface area (TPSA) is 82.6 Å². The van der Waals surface area contributed by atoms with Gasteiger partial charge in [-0.15, -0.1) is 0 Å². The van der Waals surface area contributed by atoms with Gasteiger partial charge >= 0.3 is 7.60 Å². The SMILES string of the molecule is CCOP(=O)(Cc1nc(Cl)cc(NC2CCC(OC)CC2)n1)OCC. The van der Waals surface area contributed by atoms with E-state index in [4.69, 9.17) is 25.4 Å². The number of aromatic nitrogens is 2. The first-order chi connectivity index (χ1) is 12.0. The minimum atomic E-state index is -3.26. The summed E-state index contributed by atoms with van der Waals surface area (Å²) in [5.41, 5.74) is 0. The lowest BCUT2D eigenvalue weighted by molar-refractivity contribution is 0.0681. The van der Waals surface area contributed by atoms with E-state index in [0.29, 0.717) is 42.2 Å². The van der Waals surface area contributed by atoms with Crippen LogP contribution in [0.3, 0.4) is 0 Å². The van der Waals surface area contributed by atoms with Crippen molar-refractivity contribution in [1.82, 2.24) is 9.97 Å². The lowest BCUT2D eigenvalue weighted by Gasteiger charge is -2.28. The number of anilines is 1. The number of nitrogens with one attached hydrogen (secondary N) is 1. The number of nitrogens with zero attached hydrogens (tertiary/aromatic N) is 2. The van der Waals surface area contributed by atoms with Crippen LogP contribution in [0.25, 0.3) is 0 Å². The maximum atomic E-state index is 12.7. The lowest BCUT2D eigenvalue weighted by atomic mass is 9.93. The van der Waals surface area contributed by atoms with E-state index in [1.54, 1.807) is 27.0 Å². The summed E-state index contributed by atoms with van der Waals surface area (Å²) in [6.07, 6.45) is 4.39. The zero-order chi connectivity index (χ0) is 18.3. The van der Waals surface area contributed by atoms with Crippen LogP contribution in [0.5, 0.6) is 0 Å². The summed E-state index contributed by atoms with van der Waals surface area (Å²) in [6, 6.07) is 2.00. The fourth-order valence-corrected chi connectivity index (χ4v) is 4.69. The molecule has 1 heterocycles. The van der Waals surface area contributed by atoms with Gasteiger partial charge < -0.3 is 19.1 Å². The third-order valence-corrected chi connectivity index (χ3v) is 6.25. The highest BCUT2D eigenvalue weighted by Crippen LogP contribution is 2.50. The second-order valence-electron chi connectivity index (χ2n) is 5.95. The van der Waals surface area contributed by atoms with E-state index in [-0.39, 0.29) is 6.16 Å². The molecule has 1 aliphatic rings. The molecule has 1 N–H and O–H groups in total. The van der Waals surface area contributed by atoms with Crippen LogP contribution in [-0.4, -0.2) is 42.4 Å².